The first-order valence-electron chi connectivity index (χ1n) is 11.6. The summed E-state index contributed by atoms with van der Waals surface area (Å²) in [5, 5.41) is 14.9. The quantitative estimate of drug-likeness (QED) is 0.265. The van der Waals surface area contributed by atoms with Gasteiger partial charge in [0, 0.05) is 6.54 Å². The standard InChI is InChI=1S/C26H31N5O4S/c1-5-15-31-25(18(3)27-23(32)16-19-11-13-20(34-4)14-12-19)29-30-26(31)36-17-24(33)28-21-9-7-8-10-22(21)35-6-2/h5,7-14,18H,1,6,15-17H2,2-4H3,(H,27,32)(H,28,33)/t18-/m0/s1. The van der Waals surface area contributed by atoms with Crippen molar-refractivity contribution in [1.29, 1.82) is 0 Å². The summed E-state index contributed by atoms with van der Waals surface area (Å²) in [6.07, 6.45) is 1.95. The van der Waals surface area contributed by atoms with Gasteiger partial charge in [-0.1, -0.05) is 42.1 Å². The summed E-state index contributed by atoms with van der Waals surface area (Å²) in [5.41, 5.74) is 1.49. The molecule has 2 amide bonds. The van der Waals surface area contributed by atoms with Crippen molar-refractivity contribution in [2.75, 3.05) is 24.8 Å². The van der Waals surface area contributed by atoms with Gasteiger partial charge in [-0.2, -0.15) is 0 Å². The molecule has 0 spiro atoms. The van der Waals surface area contributed by atoms with Gasteiger partial charge in [-0.05, 0) is 43.7 Å². The van der Waals surface area contributed by atoms with E-state index < -0.39 is 0 Å². The molecule has 1 aromatic heterocycles. The van der Waals surface area contributed by atoms with Crippen LogP contribution in [0.5, 0.6) is 11.5 Å². The molecule has 190 valence electrons. The Balaban J connectivity index is 1.61. The third-order valence-corrected chi connectivity index (χ3v) is 6.11. The molecule has 0 aliphatic rings. The first kappa shape index (κ1) is 26.8. The normalized spacial score (nSPS) is 11.4. The molecule has 0 unspecified atom stereocenters. The molecule has 3 rings (SSSR count). The van der Waals surface area contributed by atoms with Crippen LogP contribution in [0.2, 0.25) is 0 Å². The Morgan fingerprint density at radius 3 is 2.58 bits per heavy atom. The second kappa shape index (κ2) is 13.3. The molecule has 10 heteroatoms. The van der Waals surface area contributed by atoms with Crippen LogP contribution in [-0.4, -0.2) is 46.0 Å². The molecule has 0 radical (unpaired) electrons. The Bertz CT molecular complexity index is 1180. The minimum absolute atomic E-state index is 0.133. The van der Waals surface area contributed by atoms with Crippen molar-refractivity contribution in [2.45, 2.75) is 38.0 Å². The number of thioether (sulfide) groups is 1. The molecule has 0 aliphatic carbocycles. The molecule has 1 heterocycles. The minimum atomic E-state index is -0.385. The molecule has 3 aromatic rings. The predicted molar refractivity (Wildman–Crippen MR) is 140 cm³/mol. The van der Waals surface area contributed by atoms with Gasteiger partial charge in [0.1, 0.15) is 11.5 Å². The number of methoxy groups -OCH3 is 1. The number of allylic oxidation sites excluding steroid dienone is 1. The molecule has 0 saturated heterocycles. The van der Waals surface area contributed by atoms with Gasteiger partial charge in [0.25, 0.3) is 0 Å². The number of hydrogen-bond acceptors (Lipinski definition) is 7. The third kappa shape index (κ3) is 7.35. The molecule has 2 N–H and O–H groups in total. The van der Waals surface area contributed by atoms with Crippen LogP contribution in [0.4, 0.5) is 5.69 Å². The number of nitrogens with zero attached hydrogens (tertiary/aromatic N) is 3. The van der Waals surface area contributed by atoms with E-state index in [9.17, 15) is 9.59 Å². The van der Waals surface area contributed by atoms with E-state index >= 15 is 0 Å². The van der Waals surface area contributed by atoms with Gasteiger partial charge in [0.15, 0.2) is 11.0 Å². The number of benzene rings is 2. The van der Waals surface area contributed by atoms with Gasteiger partial charge < -0.3 is 24.7 Å². The molecular formula is C26H31N5O4S. The van der Waals surface area contributed by atoms with E-state index in [1.807, 2.05) is 60.9 Å². The number of hydrogen-bond donors (Lipinski definition) is 2. The Morgan fingerprint density at radius 1 is 1.14 bits per heavy atom. The number of ether oxygens (including phenoxy) is 2. The minimum Gasteiger partial charge on any atom is -0.497 e. The molecule has 0 bridgehead atoms. The fourth-order valence-corrected chi connectivity index (χ4v) is 4.24. The first-order chi connectivity index (χ1) is 17.4. The number of carbonyl (C=O) groups is 2. The van der Waals surface area contributed by atoms with Crippen molar-refractivity contribution in [1.82, 2.24) is 20.1 Å². The van der Waals surface area contributed by atoms with Gasteiger partial charge in [-0.3, -0.25) is 9.59 Å². The maximum Gasteiger partial charge on any atom is 0.234 e. The first-order valence-corrected chi connectivity index (χ1v) is 12.5. The zero-order valence-electron chi connectivity index (χ0n) is 20.7. The average molecular weight is 510 g/mol. The van der Waals surface area contributed by atoms with Crippen LogP contribution < -0.4 is 20.1 Å². The van der Waals surface area contributed by atoms with Crippen molar-refractivity contribution in [2.24, 2.45) is 0 Å². The Labute approximate surface area is 215 Å². The SMILES string of the molecule is C=CCn1c(SCC(=O)Nc2ccccc2OCC)nnc1[C@H](C)NC(=O)Cc1ccc(OC)cc1. The Morgan fingerprint density at radius 2 is 1.89 bits per heavy atom. The molecule has 1 atom stereocenters. The maximum absolute atomic E-state index is 12.6. The summed E-state index contributed by atoms with van der Waals surface area (Å²) in [7, 11) is 1.60. The lowest BCUT2D eigenvalue weighted by Crippen LogP contribution is -2.30. The van der Waals surface area contributed by atoms with Crippen molar-refractivity contribution in [3.63, 3.8) is 0 Å². The average Bonchev–Trinajstić information content (AvgIpc) is 3.27. The number of aromatic nitrogens is 3. The van der Waals surface area contributed by atoms with E-state index in [0.29, 0.717) is 35.6 Å². The van der Waals surface area contributed by atoms with Crippen LogP contribution >= 0.6 is 11.8 Å². The summed E-state index contributed by atoms with van der Waals surface area (Å²) in [6.45, 7) is 8.49. The van der Waals surface area contributed by atoms with Crippen LogP contribution in [0.15, 0.2) is 66.3 Å². The fraction of sp³-hybridized carbons (Fsp3) is 0.308. The molecule has 0 saturated carbocycles. The zero-order valence-corrected chi connectivity index (χ0v) is 21.5. The summed E-state index contributed by atoms with van der Waals surface area (Å²) in [6, 6.07) is 14.3. The third-order valence-electron chi connectivity index (χ3n) is 5.14. The van der Waals surface area contributed by atoms with Crippen molar-refractivity contribution in [3.05, 3.63) is 72.6 Å². The van der Waals surface area contributed by atoms with Gasteiger partial charge >= 0.3 is 0 Å². The molecule has 36 heavy (non-hydrogen) atoms. The second-order valence-corrected chi connectivity index (χ2v) is 8.76. The molecule has 2 aromatic carbocycles. The lowest BCUT2D eigenvalue weighted by atomic mass is 10.1. The summed E-state index contributed by atoms with van der Waals surface area (Å²) in [5.74, 6) is 1.75. The van der Waals surface area contributed by atoms with Crippen molar-refractivity contribution >= 4 is 29.3 Å². The number of rotatable bonds is 13. The smallest absolute Gasteiger partial charge is 0.234 e. The Hall–Kier alpha value is -3.79. The van der Waals surface area contributed by atoms with E-state index in [0.717, 1.165) is 11.3 Å². The van der Waals surface area contributed by atoms with E-state index in [-0.39, 0.29) is 30.0 Å². The topological polar surface area (TPSA) is 107 Å². The number of carbonyl (C=O) groups excluding carboxylic acids is 2. The van der Waals surface area contributed by atoms with Gasteiger partial charge in [-0.25, -0.2) is 0 Å². The number of para-hydroxylation sites is 2. The monoisotopic (exact) mass is 509 g/mol. The van der Waals surface area contributed by atoms with Crippen LogP contribution in [0.1, 0.15) is 31.3 Å². The Kier molecular flexibility index (Phi) is 9.93. The summed E-state index contributed by atoms with van der Waals surface area (Å²) in [4.78, 5) is 25.2. The molecule has 9 nitrogen and oxygen atoms in total. The van der Waals surface area contributed by atoms with Crippen molar-refractivity contribution < 1.29 is 19.1 Å². The number of anilines is 1. The highest BCUT2D eigenvalue weighted by atomic mass is 32.2. The van der Waals surface area contributed by atoms with Gasteiger partial charge in [0.2, 0.25) is 11.8 Å². The van der Waals surface area contributed by atoms with E-state index in [4.69, 9.17) is 9.47 Å². The van der Waals surface area contributed by atoms with Crippen LogP contribution in [0.25, 0.3) is 0 Å². The maximum atomic E-state index is 12.6. The highest BCUT2D eigenvalue weighted by Crippen LogP contribution is 2.25. The molecule has 0 fully saturated rings. The predicted octanol–water partition coefficient (Wildman–Crippen LogP) is 4.02. The number of nitrogens with one attached hydrogen (secondary N) is 2. The molecule has 0 aliphatic heterocycles. The van der Waals surface area contributed by atoms with Crippen LogP contribution in [0.3, 0.4) is 0 Å². The summed E-state index contributed by atoms with van der Waals surface area (Å²) >= 11 is 1.26. The molecular weight excluding hydrogens is 478 g/mol. The fourth-order valence-electron chi connectivity index (χ4n) is 3.48. The second-order valence-electron chi connectivity index (χ2n) is 7.82. The van der Waals surface area contributed by atoms with Crippen LogP contribution in [0, 0.1) is 0 Å². The largest absolute Gasteiger partial charge is 0.497 e. The van der Waals surface area contributed by atoms with E-state index in [1.54, 1.807) is 19.3 Å². The zero-order chi connectivity index (χ0) is 25.9. The summed E-state index contributed by atoms with van der Waals surface area (Å²) < 4.78 is 12.6. The van der Waals surface area contributed by atoms with Crippen molar-refractivity contribution in [3.8, 4) is 11.5 Å². The van der Waals surface area contributed by atoms with E-state index in [1.165, 1.54) is 11.8 Å². The van der Waals surface area contributed by atoms with Crippen LogP contribution in [-0.2, 0) is 22.6 Å². The lowest BCUT2D eigenvalue weighted by molar-refractivity contribution is -0.121. The highest BCUT2D eigenvalue weighted by Gasteiger charge is 2.20. The van der Waals surface area contributed by atoms with E-state index in [2.05, 4.69) is 27.4 Å². The number of amides is 2. The van der Waals surface area contributed by atoms with Gasteiger partial charge in [-0.15, -0.1) is 16.8 Å². The highest BCUT2D eigenvalue weighted by molar-refractivity contribution is 7.99. The lowest BCUT2D eigenvalue weighted by Gasteiger charge is -2.15. The van der Waals surface area contributed by atoms with Gasteiger partial charge in [0.05, 0.1) is 37.6 Å².